The molecular formula is C21H26N4OS2. The van der Waals surface area contributed by atoms with Crippen molar-refractivity contribution in [3.05, 3.63) is 57.7 Å². The van der Waals surface area contributed by atoms with E-state index in [4.69, 9.17) is 12.2 Å². The summed E-state index contributed by atoms with van der Waals surface area (Å²) >= 11 is 6.91. The average molecular weight is 415 g/mol. The van der Waals surface area contributed by atoms with Gasteiger partial charge in [0.15, 0.2) is 10.6 Å². The lowest BCUT2D eigenvalue weighted by atomic mass is 9.86. The molecule has 0 saturated carbocycles. The molecule has 0 radical (unpaired) electrons. The average Bonchev–Trinajstić information content (AvgIpc) is 3.29. The van der Waals surface area contributed by atoms with Gasteiger partial charge < -0.3 is 5.32 Å². The van der Waals surface area contributed by atoms with Gasteiger partial charge in [0.25, 0.3) is 0 Å². The van der Waals surface area contributed by atoms with Crippen LogP contribution in [-0.4, -0.2) is 27.2 Å². The molecule has 0 unspecified atom stereocenters. The molecule has 0 aliphatic carbocycles. The summed E-state index contributed by atoms with van der Waals surface area (Å²) in [6.07, 6.45) is 1.19. The molecule has 3 rings (SSSR count). The number of aromatic amines is 1. The molecule has 2 aromatic heterocycles. The van der Waals surface area contributed by atoms with Crippen LogP contribution in [0.3, 0.4) is 0 Å². The van der Waals surface area contributed by atoms with E-state index in [0.717, 1.165) is 17.1 Å². The third kappa shape index (κ3) is 5.17. The highest BCUT2D eigenvalue weighted by atomic mass is 32.1. The first-order chi connectivity index (χ1) is 13.3. The monoisotopic (exact) mass is 414 g/mol. The summed E-state index contributed by atoms with van der Waals surface area (Å²) < 4.78 is 2.42. The fraction of sp³-hybridized carbons (Fsp3) is 0.381. The topological polar surface area (TPSA) is 62.7 Å². The molecule has 1 aromatic carbocycles. The Morgan fingerprint density at radius 3 is 2.64 bits per heavy atom. The maximum Gasteiger partial charge on any atom is 0.221 e. The molecule has 0 fully saturated rings. The Kier molecular flexibility index (Phi) is 6.46. The third-order valence-corrected chi connectivity index (χ3v) is 5.80. The number of H-pyrrole nitrogens is 1. The molecule has 148 valence electrons. The van der Waals surface area contributed by atoms with Crippen molar-refractivity contribution in [2.24, 2.45) is 0 Å². The Labute approximate surface area is 174 Å². The lowest BCUT2D eigenvalue weighted by molar-refractivity contribution is -0.121. The molecule has 0 aliphatic rings. The Hall–Kier alpha value is -2.25. The fourth-order valence-electron chi connectivity index (χ4n) is 2.94. The Morgan fingerprint density at radius 1 is 1.25 bits per heavy atom. The number of nitrogens with one attached hydrogen (secondary N) is 2. The zero-order valence-corrected chi connectivity index (χ0v) is 18.1. The van der Waals surface area contributed by atoms with E-state index in [1.807, 2.05) is 22.1 Å². The van der Waals surface area contributed by atoms with Crippen molar-refractivity contribution in [3.8, 4) is 10.7 Å². The second-order valence-electron chi connectivity index (χ2n) is 7.78. The van der Waals surface area contributed by atoms with E-state index in [0.29, 0.717) is 24.3 Å². The number of nitrogens with zero attached hydrogens (tertiary/aromatic N) is 2. The predicted molar refractivity (Wildman–Crippen MR) is 117 cm³/mol. The molecule has 3 aromatic rings. The van der Waals surface area contributed by atoms with Crippen molar-refractivity contribution in [1.29, 1.82) is 0 Å². The van der Waals surface area contributed by atoms with Crippen LogP contribution in [0.1, 0.15) is 38.3 Å². The van der Waals surface area contributed by atoms with Crippen LogP contribution in [0.2, 0.25) is 0 Å². The van der Waals surface area contributed by atoms with Gasteiger partial charge >= 0.3 is 0 Å². The van der Waals surface area contributed by atoms with Gasteiger partial charge in [-0.05, 0) is 46.6 Å². The van der Waals surface area contributed by atoms with Gasteiger partial charge in [0.1, 0.15) is 0 Å². The van der Waals surface area contributed by atoms with Crippen LogP contribution < -0.4 is 5.32 Å². The molecule has 2 N–H and O–H groups in total. The Balaban J connectivity index is 1.48. The second-order valence-corrected chi connectivity index (χ2v) is 9.11. The van der Waals surface area contributed by atoms with Crippen molar-refractivity contribution in [2.45, 2.75) is 45.6 Å². The van der Waals surface area contributed by atoms with E-state index in [-0.39, 0.29) is 11.3 Å². The lowest BCUT2D eigenvalue weighted by Gasteiger charge is -2.19. The van der Waals surface area contributed by atoms with Crippen LogP contribution in [0.4, 0.5) is 0 Å². The van der Waals surface area contributed by atoms with Crippen LogP contribution in [0.25, 0.3) is 10.7 Å². The number of hydrogen-bond acceptors (Lipinski definition) is 4. The summed E-state index contributed by atoms with van der Waals surface area (Å²) in [6.45, 7) is 7.76. The van der Waals surface area contributed by atoms with Crippen molar-refractivity contribution in [2.75, 3.05) is 6.54 Å². The molecule has 0 saturated heterocycles. The van der Waals surface area contributed by atoms with Gasteiger partial charge in [-0.25, -0.2) is 0 Å². The number of rotatable bonds is 7. The van der Waals surface area contributed by atoms with Gasteiger partial charge in [-0.1, -0.05) is 51.1 Å². The largest absolute Gasteiger partial charge is 0.356 e. The minimum absolute atomic E-state index is 0.0199. The molecule has 7 heteroatoms. The Morgan fingerprint density at radius 2 is 2.00 bits per heavy atom. The van der Waals surface area contributed by atoms with E-state index in [1.54, 1.807) is 11.3 Å². The first-order valence-corrected chi connectivity index (χ1v) is 10.7. The van der Waals surface area contributed by atoms with Crippen molar-refractivity contribution < 1.29 is 4.79 Å². The molecule has 0 spiro atoms. The Bertz CT molecular complexity index is 963. The maximum absolute atomic E-state index is 12.2. The van der Waals surface area contributed by atoms with Gasteiger partial charge in [0.05, 0.1) is 4.88 Å². The zero-order chi connectivity index (χ0) is 20.1. The summed E-state index contributed by atoms with van der Waals surface area (Å²) in [5.74, 6) is 0.804. The number of aromatic nitrogens is 3. The van der Waals surface area contributed by atoms with Crippen molar-refractivity contribution in [1.82, 2.24) is 20.1 Å². The number of carbonyl (C=O) groups is 1. The van der Waals surface area contributed by atoms with E-state index >= 15 is 0 Å². The summed E-state index contributed by atoms with van der Waals surface area (Å²) in [5.41, 5.74) is 2.70. The van der Waals surface area contributed by atoms with Crippen LogP contribution >= 0.6 is 23.6 Å². The summed E-state index contributed by atoms with van der Waals surface area (Å²) in [4.78, 5) is 13.3. The van der Waals surface area contributed by atoms with Gasteiger partial charge in [0.2, 0.25) is 5.91 Å². The summed E-state index contributed by atoms with van der Waals surface area (Å²) in [5, 5.41) is 12.1. The lowest BCUT2D eigenvalue weighted by Crippen LogP contribution is -2.26. The van der Waals surface area contributed by atoms with Crippen LogP contribution in [-0.2, 0) is 23.2 Å². The highest BCUT2D eigenvalue weighted by Crippen LogP contribution is 2.23. The third-order valence-electron chi connectivity index (χ3n) is 4.62. The predicted octanol–water partition coefficient (Wildman–Crippen LogP) is 4.72. The number of carbonyl (C=O) groups excluding carboxylic acids is 1. The second kappa shape index (κ2) is 8.84. The summed E-state index contributed by atoms with van der Waals surface area (Å²) in [6, 6.07) is 12.6. The summed E-state index contributed by atoms with van der Waals surface area (Å²) in [7, 11) is 0. The molecule has 1 amide bonds. The normalized spacial score (nSPS) is 11.5. The highest BCUT2D eigenvalue weighted by molar-refractivity contribution is 7.71. The SMILES string of the molecule is CC(C)(C)c1ccc(CCNC(=O)CCn2c(-c3cccs3)n[nH]c2=S)cc1. The maximum atomic E-state index is 12.2. The van der Waals surface area contributed by atoms with Gasteiger partial charge in [0, 0.05) is 19.5 Å². The van der Waals surface area contributed by atoms with E-state index in [9.17, 15) is 4.79 Å². The van der Waals surface area contributed by atoms with Crippen LogP contribution in [0.5, 0.6) is 0 Å². The molecular weight excluding hydrogens is 388 g/mol. The zero-order valence-electron chi connectivity index (χ0n) is 16.5. The minimum atomic E-state index is 0.0199. The van der Waals surface area contributed by atoms with Crippen LogP contribution in [0, 0.1) is 4.77 Å². The minimum Gasteiger partial charge on any atom is -0.356 e. The van der Waals surface area contributed by atoms with Gasteiger partial charge in [-0.3, -0.25) is 14.5 Å². The quantitative estimate of drug-likeness (QED) is 0.550. The van der Waals surface area contributed by atoms with Crippen molar-refractivity contribution >= 4 is 29.5 Å². The molecule has 0 atom stereocenters. The first kappa shape index (κ1) is 20.5. The number of thiophene rings is 1. The smallest absolute Gasteiger partial charge is 0.221 e. The fourth-order valence-corrected chi connectivity index (χ4v) is 3.88. The first-order valence-electron chi connectivity index (χ1n) is 9.40. The van der Waals surface area contributed by atoms with Crippen LogP contribution in [0.15, 0.2) is 41.8 Å². The van der Waals surface area contributed by atoms with Gasteiger partial charge in [-0.15, -0.1) is 11.3 Å². The van der Waals surface area contributed by atoms with E-state index < -0.39 is 0 Å². The molecule has 2 heterocycles. The van der Waals surface area contributed by atoms with Gasteiger partial charge in [-0.2, -0.15) is 5.10 Å². The van der Waals surface area contributed by atoms with E-state index in [2.05, 4.69) is 60.6 Å². The number of hydrogen-bond donors (Lipinski definition) is 2. The molecule has 0 aliphatic heterocycles. The number of amides is 1. The van der Waals surface area contributed by atoms with E-state index in [1.165, 1.54) is 11.1 Å². The standard InChI is InChI=1S/C21H26N4OS2/c1-21(2,3)16-8-6-15(7-9-16)10-12-22-18(26)11-13-25-19(23-24-20(25)27)17-5-4-14-28-17/h4-9,14H,10-13H2,1-3H3,(H,22,26)(H,24,27). The highest BCUT2D eigenvalue weighted by Gasteiger charge is 2.13. The van der Waals surface area contributed by atoms with Crippen molar-refractivity contribution in [3.63, 3.8) is 0 Å². The molecule has 28 heavy (non-hydrogen) atoms. The number of benzene rings is 1. The molecule has 5 nitrogen and oxygen atoms in total. The molecule has 0 bridgehead atoms.